The number of amides is 3. The highest BCUT2D eigenvalue weighted by atomic mass is 16.5. The average molecular weight is 400 g/mol. The second kappa shape index (κ2) is 8.21. The predicted octanol–water partition coefficient (Wildman–Crippen LogP) is 3.95. The van der Waals surface area contributed by atoms with Crippen molar-refractivity contribution in [1.82, 2.24) is 4.90 Å². The Hall–Kier alpha value is -3.93. The molecule has 0 bridgehead atoms. The number of anilines is 1. The van der Waals surface area contributed by atoms with Gasteiger partial charge in [0.2, 0.25) is 11.8 Å². The molecule has 4 rings (SSSR count). The molecule has 1 N–H and O–H groups in total. The predicted molar refractivity (Wildman–Crippen MR) is 113 cm³/mol. The van der Waals surface area contributed by atoms with Crippen LogP contribution in [0.25, 0.3) is 0 Å². The number of ether oxygens (including phenoxy) is 1. The molecule has 0 aliphatic carbocycles. The Bertz CT molecular complexity index is 1120. The molecule has 1 heterocycles. The lowest BCUT2D eigenvalue weighted by Gasteiger charge is -2.26. The van der Waals surface area contributed by atoms with E-state index in [1.807, 2.05) is 31.2 Å². The molecule has 6 nitrogen and oxygen atoms in total. The van der Waals surface area contributed by atoms with Crippen LogP contribution in [0.4, 0.5) is 5.69 Å². The maximum Gasteiger partial charge on any atom is 0.261 e. The molecule has 3 amide bonds. The molecule has 0 fully saturated rings. The standard InChI is InChI=1S/C24H20N2O4/c1-16-5-4-7-20(13-16)30-19-11-9-18(10-12-19)25-22(27)15-26-23(28)14-17-6-2-3-8-21(17)24(26)29/h2-13H,14-15H2,1H3,(H,25,27). The monoisotopic (exact) mass is 400 g/mol. The zero-order chi connectivity index (χ0) is 21.1. The summed E-state index contributed by atoms with van der Waals surface area (Å²) in [5.41, 5.74) is 2.80. The maximum atomic E-state index is 12.6. The lowest BCUT2D eigenvalue weighted by atomic mass is 9.98. The molecule has 1 aliphatic heterocycles. The number of nitrogens with one attached hydrogen (secondary N) is 1. The molecule has 0 unspecified atom stereocenters. The molecular weight excluding hydrogens is 380 g/mol. The van der Waals surface area contributed by atoms with E-state index in [0.717, 1.165) is 16.2 Å². The van der Waals surface area contributed by atoms with Gasteiger partial charge in [-0.1, -0.05) is 30.3 Å². The first-order chi connectivity index (χ1) is 14.5. The van der Waals surface area contributed by atoms with Gasteiger partial charge in [0.1, 0.15) is 18.0 Å². The van der Waals surface area contributed by atoms with Crippen molar-refractivity contribution in [2.24, 2.45) is 0 Å². The molecule has 0 radical (unpaired) electrons. The van der Waals surface area contributed by atoms with Gasteiger partial charge >= 0.3 is 0 Å². The Morgan fingerprint density at radius 3 is 2.50 bits per heavy atom. The van der Waals surface area contributed by atoms with Crippen LogP contribution in [0.15, 0.2) is 72.8 Å². The fraction of sp³-hybridized carbons (Fsp3) is 0.125. The molecule has 30 heavy (non-hydrogen) atoms. The van der Waals surface area contributed by atoms with Crippen LogP contribution in [0.1, 0.15) is 21.5 Å². The summed E-state index contributed by atoms with van der Waals surface area (Å²) >= 11 is 0. The van der Waals surface area contributed by atoms with Crippen molar-refractivity contribution >= 4 is 23.4 Å². The third-order valence-electron chi connectivity index (χ3n) is 4.80. The number of rotatable bonds is 5. The highest BCUT2D eigenvalue weighted by Crippen LogP contribution is 2.24. The minimum absolute atomic E-state index is 0.111. The molecule has 0 saturated carbocycles. The molecule has 3 aromatic rings. The number of fused-ring (bicyclic) bond motifs is 1. The van der Waals surface area contributed by atoms with Gasteiger partial charge < -0.3 is 10.1 Å². The van der Waals surface area contributed by atoms with Crippen LogP contribution in [0.5, 0.6) is 11.5 Å². The quantitative estimate of drug-likeness (QED) is 0.658. The van der Waals surface area contributed by atoms with Gasteiger partial charge in [0.15, 0.2) is 0 Å². The molecule has 150 valence electrons. The van der Waals surface area contributed by atoms with Crippen LogP contribution in [0.2, 0.25) is 0 Å². The summed E-state index contributed by atoms with van der Waals surface area (Å²) in [6, 6.07) is 21.5. The van der Waals surface area contributed by atoms with Crippen molar-refractivity contribution in [2.45, 2.75) is 13.3 Å². The van der Waals surface area contributed by atoms with Crippen LogP contribution in [0, 0.1) is 6.92 Å². The summed E-state index contributed by atoms with van der Waals surface area (Å²) in [6.45, 7) is 1.66. The van der Waals surface area contributed by atoms with E-state index < -0.39 is 11.8 Å². The SMILES string of the molecule is Cc1cccc(Oc2ccc(NC(=O)CN3C(=O)Cc4ccccc4C3=O)cc2)c1. The second-order valence-corrected chi connectivity index (χ2v) is 7.11. The van der Waals surface area contributed by atoms with E-state index in [0.29, 0.717) is 22.6 Å². The van der Waals surface area contributed by atoms with Crippen LogP contribution in [-0.2, 0) is 16.0 Å². The van der Waals surface area contributed by atoms with E-state index >= 15 is 0 Å². The third-order valence-corrected chi connectivity index (χ3v) is 4.80. The molecule has 0 spiro atoms. The van der Waals surface area contributed by atoms with Crippen molar-refractivity contribution in [3.63, 3.8) is 0 Å². The van der Waals surface area contributed by atoms with E-state index in [9.17, 15) is 14.4 Å². The zero-order valence-corrected chi connectivity index (χ0v) is 16.4. The van der Waals surface area contributed by atoms with Gasteiger partial charge in [-0.2, -0.15) is 0 Å². The number of benzene rings is 3. The Morgan fingerprint density at radius 2 is 1.73 bits per heavy atom. The Balaban J connectivity index is 1.38. The van der Waals surface area contributed by atoms with Crippen LogP contribution >= 0.6 is 0 Å². The molecule has 3 aromatic carbocycles. The van der Waals surface area contributed by atoms with Gasteiger partial charge in [0.05, 0.1) is 6.42 Å². The largest absolute Gasteiger partial charge is 0.457 e. The highest BCUT2D eigenvalue weighted by Gasteiger charge is 2.31. The minimum Gasteiger partial charge on any atom is -0.457 e. The summed E-state index contributed by atoms with van der Waals surface area (Å²) in [4.78, 5) is 38.3. The van der Waals surface area contributed by atoms with Crippen LogP contribution in [0.3, 0.4) is 0 Å². The average Bonchev–Trinajstić information content (AvgIpc) is 2.73. The lowest BCUT2D eigenvalue weighted by molar-refractivity contribution is -0.131. The molecular formula is C24H20N2O4. The minimum atomic E-state index is -0.445. The van der Waals surface area contributed by atoms with Gasteiger partial charge in [-0.25, -0.2) is 0 Å². The van der Waals surface area contributed by atoms with Crippen molar-refractivity contribution in [1.29, 1.82) is 0 Å². The van der Waals surface area contributed by atoms with Gasteiger partial charge in [-0.05, 0) is 60.5 Å². The van der Waals surface area contributed by atoms with Crippen LogP contribution < -0.4 is 10.1 Å². The number of hydrogen-bond acceptors (Lipinski definition) is 4. The summed E-state index contributed by atoms with van der Waals surface area (Å²) in [7, 11) is 0. The lowest BCUT2D eigenvalue weighted by Crippen LogP contribution is -2.46. The smallest absolute Gasteiger partial charge is 0.261 e. The summed E-state index contributed by atoms with van der Waals surface area (Å²) in [5.74, 6) is 0.101. The first kappa shape index (κ1) is 19.4. The fourth-order valence-corrected chi connectivity index (χ4v) is 3.33. The summed E-state index contributed by atoms with van der Waals surface area (Å²) < 4.78 is 5.79. The molecule has 0 saturated heterocycles. The van der Waals surface area contributed by atoms with E-state index in [4.69, 9.17) is 4.74 Å². The van der Waals surface area contributed by atoms with E-state index in [-0.39, 0.29) is 18.9 Å². The number of aryl methyl sites for hydroxylation is 1. The first-order valence-electron chi connectivity index (χ1n) is 9.56. The van der Waals surface area contributed by atoms with Crippen molar-refractivity contribution < 1.29 is 19.1 Å². The molecule has 6 heteroatoms. The number of carbonyl (C=O) groups is 3. The zero-order valence-electron chi connectivity index (χ0n) is 16.4. The van der Waals surface area contributed by atoms with Crippen molar-refractivity contribution in [2.75, 3.05) is 11.9 Å². The Labute approximate surface area is 174 Å². The summed E-state index contributed by atoms with van der Waals surface area (Å²) in [5, 5.41) is 2.71. The number of hydrogen-bond donors (Lipinski definition) is 1. The molecule has 1 aliphatic rings. The van der Waals surface area contributed by atoms with Crippen molar-refractivity contribution in [3.05, 3.63) is 89.5 Å². The number of carbonyl (C=O) groups excluding carboxylic acids is 3. The van der Waals surface area contributed by atoms with E-state index in [2.05, 4.69) is 5.32 Å². The van der Waals surface area contributed by atoms with Gasteiger partial charge in [-0.15, -0.1) is 0 Å². The van der Waals surface area contributed by atoms with E-state index in [1.165, 1.54) is 0 Å². The Kier molecular flexibility index (Phi) is 5.30. The number of nitrogens with zero attached hydrogens (tertiary/aromatic N) is 1. The Morgan fingerprint density at radius 1 is 0.967 bits per heavy atom. The maximum absolute atomic E-state index is 12.6. The van der Waals surface area contributed by atoms with Crippen molar-refractivity contribution in [3.8, 4) is 11.5 Å². The third kappa shape index (κ3) is 4.22. The normalized spacial score (nSPS) is 13.0. The fourth-order valence-electron chi connectivity index (χ4n) is 3.33. The van der Waals surface area contributed by atoms with Gasteiger partial charge in [0, 0.05) is 11.3 Å². The molecule has 0 atom stereocenters. The number of imide groups is 1. The highest BCUT2D eigenvalue weighted by molar-refractivity contribution is 6.12. The van der Waals surface area contributed by atoms with E-state index in [1.54, 1.807) is 48.5 Å². The topological polar surface area (TPSA) is 75.7 Å². The first-order valence-corrected chi connectivity index (χ1v) is 9.56. The summed E-state index contributed by atoms with van der Waals surface area (Å²) in [6.07, 6.45) is 0.111. The second-order valence-electron chi connectivity index (χ2n) is 7.11. The molecule has 0 aromatic heterocycles. The van der Waals surface area contributed by atoms with Gasteiger partial charge in [-0.3, -0.25) is 19.3 Å². The van der Waals surface area contributed by atoms with Gasteiger partial charge in [0.25, 0.3) is 5.91 Å². The van der Waals surface area contributed by atoms with Crippen LogP contribution in [-0.4, -0.2) is 29.2 Å².